The molecule has 2 amide bonds. The summed E-state index contributed by atoms with van der Waals surface area (Å²) in [6, 6.07) is -0.509. The van der Waals surface area contributed by atoms with Crippen molar-refractivity contribution in [1.82, 2.24) is 15.5 Å². The molecule has 1 rings (SSSR count). The molecule has 1 unspecified atom stereocenters. The van der Waals surface area contributed by atoms with Gasteiger partial charge in [-0.15, -0.1) is 12.4 Å². The van der Waals surface area contributed by atoms with Crippen molar-refractivity contribution in [3.8, 4) is 0 Å². The van der Waals surface area contributed by atoms with Crippen LogP contribution < -0.4 is 10.6 Å². The largest absolute Gasteiger partial charge is 0.359 e. The van der Waals surface area contributed by atoms with Gasteiger partial charge in [0.25, 0.3) is 0 Å². The molecule has 5 nitrogen and oxygen atoms in total. The Morgan fingerprint density at radius 1 is 1.69 bits per heavy atom. The second-order valence-corrected chi connectivity index (χ2v) is 3.40. The van der Waals surface area contributed by atoms with Crippen LogP contribution >= 0.6 is 12.4 Å². The molecule has 1 heterocycles. The number of carbonyl (C=O) groups excluding carboxylic acids is 2. The van der Waals surface area contributed by atoms with Crippen LogP contribution in [-0.4, -0.2) is 56.1 Å². The van der Waals surface area contributed by atoms with Gasteiger partial charge in [0.2, 0.25) is 11.8 Å². The zero-order valence-electron chi connectivity index (χ0n) is 9.16. The summed E-state index contributed by atoms with van der Waals surface area (Å²) in [7, 11) is 1.52. The number of amides is 2. The molecule has 1 aliphatic heterocycles. The number of rotatable bonds is 4. The van der Waals surface area contributed by atoms with Gasteiger partial charge in [-0.1, -0.05) is 0 Å². The van der Waals surface area contributed by atoms with E-state index in [2.05, 4.69) is 10.6 Å². The summed E-state index contributed by atoms with van der Waals surface area (Å²) in [6.45, 7) is 0.684. The highest BCUT2D eigenvalue weighted by molar-refractivity contribution is 5.88. The SMILES string of the molecule is CNC(=O)CC1NCCN(CCF)C1=O.Cl. The van der Waals surface area contributed by atoms with E-state index in [9.17, 15) is 14.0 Å². The first-order valence-electron chi connectivity index (χ1n) is 4.97. The molecule has 1 saturated heterocycles. The molecule has 16 heavy (non-hydrogen) atoms. The topological polar surface area (TPSA) is 61.4 Å². The second-order valence-electron chi connectivity index (χ2n) is 3.40. The van der Waals surface area contributed by atoms with Crippen LogP contribution in [0.1, 0.15) is 6.42 Å². The number of alkyl halides is 1. The predicted octanol–water partition coefficient (Wildman–Crippen LogP) is -0.686. The van der Waals surface area contributed by atoms with Gasteiger partial charge in [-0.3, -0.25) is 9.59 Å². The molecule has 7 heteroatoms. The molecule has 0 aromatic heterocycles. The average Bonchev–Trinajstić information content (AvgIpc) is 2.24. The maximum absolute atomic E-state index is 12.1. The maximum Gasteiger partial charge on any atom is 0.240 e. The Balaban J connectivity index is 0.00000225. The Morgan fingerprint density at radius 2 is 2.38 bits per heavy atom. The second kappa shape index (κ2) is 7.40. The molecule has 1 aliphatic rings. The Kier molecular flexibility index (Phi) is 7.00. The van der Waals surface area contributed by atoms with Gasteiger partial charge >= 0.3 is 0 Å². The van der Waals surface area contributed by atoms with E-state index >= 15 is 0 Å². The van der Waals surface area contributed by atoms with E-state index in [1.807, 2.05) is 0 Å². The van der Waals surface area contributed by atoms with Crippen LogP contribution in [0.5, 0.6) is 0 Å². The van der Waals surface area contributed by atoms with Gasteiger partial charge < -0.3 is 15.5 Å². The summed E-state index contributed by atoms with van der Waals surface area (Å²) >= 11 is 0. The highest BCUT2D eigenvalue weighted by atomic mass is 35.5. The molecular weight excluding hydrogens is 237 g/mol. The lowest BCUT2D eigenvalue weighted by atomic mass is 10.1. The van der Waals surface area contributed by atoms with Crippen molar-refractivity contribution in [2.45, 2.75) is 12.5 Å². The summed E-state index contributed by atoms with van der Waals surface area (Å²) in [5, 5.41) is 5.40. The summed E-state index contributed by atoms with van der Waals surface area (Å²) in [6.07, 6.45) is 0.109. The molecule has 0 spiro atoms. The first kappa shape index (κ1) is 15.1. The molecule has 0 saturated carbocycles. The Bertz CT molecular complexity index is 251. The van der Waals surface area contributed by atoms with Crippen LogP contribution in [0, 0.1) is 0 Å². The number of carbonyl (C=O) groups is 2. The van der Waals surface area contributed by atoms with Crippen LogP contribution in [0.2, 0.25) is 0 Å². The molecule has 0 aromatic carbocycles. The van der Waals surface area contributed by atoms with Gasteiger partial charge in [0, 0.05) is 26.7 Å². The molecule has 0 bridgehead atoms. The number of hydrogen-bond acceptors (Lipinski definition) is 3. The quantitative estimate of drug-likeness (QED) is 0.698. The smallest absolute Gasteiger partial charge is 0.240 e. The molecule has 94 valence electrons. The zero-order valence-corrected chi connectivity index (χ0v) is 9.98. The molecule has 1 atom stereocenters. The molecule has 0 aliphatic carbocycles. The van der Waals surface area contributed by atoms with Gasteiger partial charge in [0.1, 0.15) is 6.67 Å². The van der Waals surface area contributed by atoms with E-state index in [4.69, 9.17) is 0 Å². The number of halogens is 2. The maximum atomic E-state index is 12.1. The Hall–Kier alpha value is -0.880. The molecule has 2 N–H and O–H groups in total. The first-order valence-corrected chi connectivity index (χ1v) is 4.97. The van der Waals surface area contributed by atoms with Crippen LogP contribution in [0.4, 0.5) is 4.39 Å². The third-order valence-electron chi connectivity index (χ3n) is 2.41. The van der Waals surface area contributed by atoms with E-state index in [1.165, 1.54) is 11.9 Å². The minimum Gasteiger partial charge on any atom is -0.359 e. The number of hydrogen-bond donors (Lipinski definition) is 2. The van der Waals surface area contributed by atoms with Crippen molar-refractivity contribution >= 4 is 24.2 Å². The van der Waals surface area contributed by atoms with Gasteiger partial charge in [-0.05, 0) is 0 Å². The van der Waals surface area contributed by atoms with Crippen molar-refractivity contribution in [2.75, 3.05) is 33.4 Å². The van der Waals surface area contributed by atoms with Crippen LogP contribution in [0.15, 0.2) is 0 Å². The van der Waals surface area contributed by atoms with E-state index < -0.39 is 12.7 Å². The van der Waals surface area contributed by atoms with Crippen molar-refractivity contribution in [3.63, 3.8) is 0 Å². The number of nitrogens with zero attached hydrogens (tertiary/aromatic N) is 1. The van der Waals surface area contributed by atoms with E-state index in [1.54, 1.807) is 0 Å². The van der Waals surface area contributed by atoms with Gasteiger partial charge in [-0.2, -0.15) is 0 Å². The summed E-state index contributed by atoms with van der Waals surface area (Å²) in [5.41, 5.74) is 0. The standard InChI is InChI=1S/C9H16FN3O2.ClH/c1-11-8(14)6-7-9(15)13(4-2-10)5-3-12-7;/h7,12H,2-6H2,1H3,(H,11,14);1H. The lowest BCUT2D eigenvalue weighted by molar-refractivity contribution is -0.138. The molecular formula is C9H17ClFN3O2. The Morgan fingerprint density at radius 3 is 2.94 bits per heavy atom. The Labute approximate surface area is 100 Å². The lowest BCUT2D eigenvalue weighted by Crippen LogP contribution is -2.56. The van der Waals surface area contributed by atoms with Crippen LogP contribution in [-0.2, 0) is 9.59 Å². The van der Waals surface area contributed by atoms with Crippen LogP contribution in [0.3, 0.4) is 0 Å². The van der Waals surface area contributed by atoms with Crippen molar-refractivity contribution in [2.24, 2.45) is 0 Å². The minimum atomic E-state index is -0.543. The molecule has 0 aromatic rings. The van der Waals surface area contributed by atoms with Gasteiger partial charge in [0.05, 0.1) is 12.5 Å². The third-order valence-corrected chi connectivity index (χ3v) is 2.41. The zero-order chi connectivity index (χ0) is 11.3. The summed E-state index contributed by atoms with van der Waals surface area (Å²) < 4.78 is 12.1. The molecule has 0 radical (unpaired) electrons. The lowest BCUT2D eigenvalue weighted by Gasteiger charge is -2.32. The number of nitrogens with one attached hydrogen (secondary N) is 2. The average molecular weight is 254 g/mol. The fourth-order valence-electron chi connectivity index (χ4n) is 1.56. The van der Waals surface area contributed by atoms with Gasteiger partial charge in [0.15, 0.2) is 0 Å². The minimum absolute atomic E-state index is 0. The first-order chi connectivity index (χ1) is 7.19. The highest BCUT2D eigenvalue weighted by Gasteiger charge is 2.29. The van der Waals surface area contributed by atoms with Crippen molar-refractivity contribution in [3.05, 3.63) is 0 Å². The van der Waals surface area contributed by atoms with Gasteiger partial charge in [-0.25, -0.2) is 4.39 Å². The van der Waals surface area contributed by atoms with Crippen molar-refractivity contribution < 1.29 is 14.0 Å². The normalized spacial score (nSPS) is 20.2. The fourth-order valence-corrected chi connectivity index (χ4v) is 1.56. The fraction of sp³-hybridized carbons (Fsp3) is 0.778. The van der Waals surface area contributed by atoms with Crippen molar-refractivity contribution in [1.29, 1.82) is 0 Å². The third kappa shape index (κ3) is 3.94. The van der Waals surface area contributed by atoms with E-state index in [0.29, 0.717) is 13.1 Å². The van der Waals surface area contributed by atoms with E-state index in [-0.39, 0.29) is 37.2 Å². The highest BCUT2D eigenvalue weighted by Crippen LogP contribution is 2.04. The monoisotopic (exact) mass is 253 g/mol. The van der Waals surface area contributed by atoms with Crippen LogP contribution in [0.25, 0.3) is 0 Å². The predicted molar refractivity (Wildman–Crippen MR) is 60.3 cm³/mol. The number of piperazine rings is 1. The summed E-state index contributed by atoms with van der Waals surface area (Å²) in [5.74, 6) is -0.384. The summed E-state index contributed by atoms with van der Waals surface area (Å²) in [4.78, 5) is 24.2. The molecule has 1 fully saturated rings. The van der Waals surface area contributed by atoms with E-state index in [0.717, 1.165) is 0 Å².